The molecule has 2 aromatic carbocycles. The van der Waals surface area contributed by atoms with Gasteiger partial charge >= 0.3 is 0 Å². The molecule has 0 aromatic heterocycles. The molecule has 0 radical (unpaired) electrons. The maximum atomic E-state index is 5.63. The standard InChI is InChI=1S/C16H16N2O/c17-18-13-15-8-4-10-16(12-15)19-11-5-9-14-6-2-1-3-7-14/h1-10,12-13H,11,17H2. The van der Waals surface area contributed by atoms with Crippen LogP contribution in [0.25, 0.3) is 6.08 Å². The van der Waals surface area contributed by atoms with E-state index in [-0.39, 0.29) is 0 Å². The zero-order valence-electron chi connectivity index (χ0n) is 10.6. The molecule has 2 N–H and O–H groups in total. The van der Waals surface area contributed by atoms with Gasteiger partial charge in [0.15, 0.2) is 0 Å². The van der Waals surface area contributed by atoms with Crippen LogP contribution in [0.2, 0.25) is 0 Å². The second-order valence-electron chi connectivity index (χ2n) is 3.97. The Hall–Kier alpha value is -2.55. The van der Waals surface area contributed by atoms with Gasteiger partial charge in [-0.05, 0) is 29.3 Å². The lowest BCUT2D eigenvalue weighted by Crippen LogP contribution is -1.94. The molecule has 0 saturated heterocycles. The van der Waals surface area contributed by atoms with E-state index in [0.717, 1.165) is 16.9 Å². The first-order chi connectivity index (χ1) is 9.38. The van der Waals surface area contributed by atoms with E-state index in [0.29, 0.717) is 6.61 Å². The minimum absolute atomic E-state index is 0.526. The smallest absolute Gasteiger partial charge is 0.120 e. The highest BCUT2D eigenvalue weighted by atomic mass is 16.5. The molecule has 0 fully saturated rings. The second-order valence-corrected chi connectivity index (χ2v) is 3.97. The minimum Gasteiger partial charge on any atom is -0.490 e. The van der Waals surface area contributed by atoms with E-state index < -0.39 is 0 Å². The molecule has 2 rings (SSSR count). The third kappa shape index (κ3) is 4.32. The first-order valence-corrected chi connectivity index (χ1v) is 6.06. The Labute approximate surface area is 113 Å². The Kier molecular flexibility index (Phi) is 4.76. The number of nitrogens with zero attached hydrogens (tertiary/aromatic N) is 1. The summed E-state index contributed by atoms with van der Waals surface area (Å²) < 4.78 is 5.63. The van der Waals surface area contributed by atoms with Gasteiger partial charge in [-0.2, -0.15) is 5.10 Å². The van der Waals surface area contributed by atoms with Crippen LogP contribution in [0.15, 0.2) is 65.8 Å². The number of nitrogens with two attached hydrogens (primary N) is 1. The van der Waals surface area contributed by atoms with Crippen LogP contribution in [0.5, 0.6) is 5.75 Å². The van der Waals surface area contributed by atoms with Gasteiger partial charge in [0, 0.05) is 0 Å². The van der Waals surface area contributed by atoms with Gasteiger partial charge in [-0.15, -0.1) is 0 Å². The summed E-state index contributed by atoms with van der Waals surface area (Å²) in [6, 6.07) is 17.8. The third-order valence-electron chi connectivity index (χ3n) is 2.54. The van der Waals surface area contributed by atoms with Gasteiger partial charge in [-0.25, -0.2) is 0 Å². The fourth-order valence-corrected chi connectivity index (χ4v) is 1.66. The Morgan fingerprint density at radius 2 is 1.79 bits per heavy atom. The van der Waals surface area contributed by atoms with Crippen molar-refractivity contribution in [2.24, 2.45) is 10.9 Å². The molecule has 0 unspecified atom stereocenters. The van der Waals surface area contributed by atoms with Gasteiger partial charge in [-0.1, -0.05) is 48.5 Å². The number of hydrogen-bond acceptors (Lipinski definition) is 3. The molecule has 0 aliphatic rings. The lowest BCUT2D eigenvalue weighted by molar-refractivity contribution is 0.363. The van der Waals surface area contributed by atoms with E-state index in [1.54, 1.807) is 6.21 Å². The maximum Gasteiger partial charge on any atom is 0.120 e. The van der Waals surface area contributed by atoms with Gasteiger partial charge in [0.05, 0.1) is 6.21 Å². The molecule has 0 amide bonds. The Morgan fingerprint density at radius 1 is 1.00 bits per heavy atom. The maximum absolute atomic E-state index is 5.63. The summed E-state index contributed by atoms with van der Waals surface area (Å²) in [5.74, 6) is 5.92. The highest BCUT2D eigenvalue weighted by molar-refractivity contribution is 5.79. The van der Waals surface area contributed by atoms with E-state index >= 15 is 0 Å². The van der Waals surface area contributed by atoms with E-state index in [1.165, 1.54) is 0 Å². The van der Waals surface area contributed by atoms with Crippen molar-refractivity contribution in [1.82, 2.24) is 0 Å². The Bertz CT molecular complexity index is 562. The van der Waals surface area contributed by atoms with E-state index in [9.17, 15) is 0 Å². The van der Waals surface area contributed by atoms with E-state index in [2.05, 4.69) is 17.2 Å². The van der Waals surface area contributed by atoms with Crippen LogP contribution in [0.3, 0.4) is 0 Å². The fraction of sp³-hybridized carbons (Fsp3) is 0.0625. The monoisotopic (exact) mass is 252 g/mol. The van der Waals surface area contributed by atoms with Crippen LogP contribution in [-0.4, -0.2) is 12.8 Å². The minimum atomic E-state index is 0.526. The van der Waals surface area contributed by atoms with Crippen molar-refractivity contribution in [2.45, 2.75) is 0 Å². The average molecular weight is 252 g/mol. The molecule has 0 atom stereocenters. The van der Waals surface area contributed by atoms with Crippen molar-refractivity contribution in [2.75, 3.05) is 6.61 Å². The highest BCUT2D eigenvalue weighted by Gasteiger charge is 1.93. The Morgan fingerprint density at radius 3 is 2.58 bits per heavy atom. The first-order valence-electron chi connectivity index (χ1n) is 6.06. The van der Waals surface area contributed by atoms with Gasteiger partial charge in [0.2, 0.25) is 0 Å². The topological polar surface area (TPSA) is 47.6 Å². The summed E-state index contributed by atoms with van der Waals surface area (Å²) >= 11 is 0. The fourth-order valence-electron chi connectivity index (χ4n) is 1.66. The largest absolute Gasteiger partial charge is 0.490 e. The first kappa shape index (κ1) is 12.9. The molecule has 0 bridgehead atoms. The van der Waals surface area contributed by atoms with Crippen LogP contribution in [0.1, 0.15) is 11.1 Å². The number of rotatable bonds is 5. The molecule has 0 saturated carbocycles. The molecule has 0 aliphatic carbocycles. The van der Waals surface area contributed by atoms with Crippen molar-refractivity contribution < 1.29 is 4.74 Å². The predicted octanol–water partition coefficient (Wildman–Crippen LogP) is 3.07. The van der Waals surface area contributed by atoms with Crippen molar-refractivity contribution in [3.63, 3.8) is 0 Å². The van der Waals surface area contributed by atoms with E-state index in [1.807, 2.05) is 54.6 Å². The van der Waals surface area contributed by atoms with Crippen LogP contribution in [0.4, 0.5) is 0 Å². The Balaban J connectivity index is 1.89. The quantitative estimate of drug-likeness (QED) is 0.505. The number of hydrogen-bond donors (Lipinski definition) is 1. The summed E-state index contributed by atoms with van der Waals surface area (Å²) in [5, 5.41) is 3.49. The summed E-state index contributed by atoms with van der Waals surface area (Å²) in [6.45, 7) is 0.526. The van der Waals surface area contributed by atoms with Crippen LogP contribution < -0.4 is 10.6 Å². The second kappa shape index (κ2) is 7.01. The normalized spacial score (nSPS) is 11.2. The predicted molar refractivity (Wildman–Crippen MR) is 79.2 cm³/mol. The molecule has 19 heavy (non-hydrogen) atoms. The summed E-state index contributed by atoms with van der Waals surface area (Å²) in [4.78, 5) is 0. The van der Waals surface area contributed by atoms with Gasteiger partial charge in [0.25, 0.3) is 0 Å². The molecule has 96 valence electrons. The molecule has 3 heteroatoms. The number of ether oxygens (including phenoxy) is 1. The van der Waals surface area contributed by atoms with Crippen LogP contribution in [0, 0.1) is 0 Å². The van der Waals surface area contributed by atoms with Crippen molar-refractivity contribution in [3.05, 3.63) is 71.8 Å². The summed E-state index contributed by atoms with van der Waals surface area (Å²) in [7, 11) is 0. The van der Waals surface area contributed by atoms with Crippen molar-refractivity contribution in [3.8, 4) is 5.75 Å². The van der Waals surface area contributed by atoms with E-state index in [4.69, 9.17) is 10.6 Å². The molecule has 0 aliphatic heterocycles. The van der Waals surface area contributed by atoms with Crippen molar-refractivity contribution >= 4 is 12.3 Å². The number of hydrazone groups is 1. The third-order valence-corrected chi connectivity index (χ3v) is 2.54. The zero-order valence-corrected chi connectivity index (χ0v) is 10.6. The van der Waals surface area contributed by atoms with Gasteiger partial charge in [0.1, 0.15) is 12.4 Å². The highest BCUT2D eigenvalue weighted by Crippen LogP contribution is 2.12. The van der Waals surface area contributed by atoms with Gasteiger partial charge in [-0.3, -0.25) is 0 Å². The molecule has 3 nitrogen and oxygen atoms in total. The SMILES string of the molecule is NN=Cc1cccc(OCC=Cc2ccccc2)c1. The average Bonchev–Trinajstić information content (AvgIpc) is 2.46. The van der Waals surface area contributed by atoms with Crippen LogP contribution >= 0.6 is 0 Å². The molecular weight excluding hydrogens is 236 g/mol. The zero-order chi connectivity index (χ0) is 13.3. The van der Waals surface area contributed by atoms with Gasteiger partial charge < -0.3 is 10.6 Å². The van der Waals surface area contributed by atoms with Crippen LogP contribution in [-0.2, 0) is 0 Å². The molecular formula is C16H16N2O. The summed E-state index contributed by atoms with van der Waals surface area (Å²) in [5.41, 5.74) is 2.09. The van der Waals surface area contributed by atoms with Crippen molar-refractivity contribution in [1.29, 1.82) is 0 Å². The number of benzene rings is 2. The lowest BCUT2D eigenvalue weighted by Gasteiger charge is -2.03. The lowest BCUT2D eigenvalue weighted by atomic mass is 10.2. The molecule has 2 aromatic rings. The molecule has 0 spiro atoms. The summed E-state index contributed by atoms with van der Waals surface area (Å²) in [6.07, 6.45) is 5.61. The molecule has 0 heterocycles.